The van der Waals surface area contributed by atoms with E-state index in [4.69, 9.17) is 0 Å². The Morgan fingerprint density at radius 2 is 1.63 bits per heavy atom. The van der Waals surface area contributed by atoms with E-state index in [-0.39, 0.29) is 11.8 Å². The minimum atomic E-state index is -3.35. The normalized spacial score (nSPS) is 17.4. The molecule has 2 aromatic rings. The van der Waals surface area contributed by atoms with Gasteiger partial charge in [0.15, 0.2) is 0 Å². The Morgan fingerprint density at radius 1 is 1.00 bits per heavy atom. The fourth-order valence-electron chi connectivity index (χ4n) is 3.47. The van der Waals surface area contributed by atoms with Gasteiger partial charge in [-0.25, -0.2) is 8.42 Å². The summed E-state index contributed by atoms with van der Waals surface area (Å²) in [6.07, 6.45) is 0. The van der Waals surface area contributed by atoms with Gasteiger partial charge in [0.05, 0.1) is 11.8 Å². The first-order valence-electron chi connectivity index (χ1n) is 9.13. The molecular formula is C21H25N3O2S. The van der Waals surface area contributed by atoms with E-state index in [0.717, 1.165) is 22.3 Å². The number of nitriles is 1. The van der Waals surface area contributed by atoms with Crippen molar-refractivity contribution in [2.24, 2.45) is 0 Å². The zero-order valence-corrected chi connectivity index (χ0v) is 16.6. The van der Waals surface area contributed by atoms with Gasteiger partial charge >= 0.3 is 0 Å². The number of hydrogen-bond donors (Lipinski definition) is 0. The Labute approximate surface area is 161 Å². The Morgan fingerprint density at radius 3 is 2.22 bits per heavy atom. The zero-order valence-electron chi connectivity index (χ0n) is 15.8. The number of piperazine rings is 1. The fourth-order valence-corrected chi connectivity index (χ4v) is 4.98. The summed E-state index contributed by atoms with van der Waals surface area (Å²) >= 11 is 0. The van der Waals surface area contributed by atoms with Gasteiger partial charge < -0.3 is 0 Å². The predicted octanol–water partition coefficient (Wildman–Crippen LogP) is 3.02. The second-order valence-corrected chi connectivity index (χ2v) is 9.03. The molecule has 3 rings (SSSR count). The largest absolute Gasteiger partial charge is 0.282 e. The van der Waals surface area contributed by atoms with Crippen molar-refractivity contribution in [3.8, 4) is 6.07 Å². The molecule has 2 aromatic carbocycles. The van der Waals surface area contributed by atoms with E-state index in [9.17, 15) is 13.7 Å². The third kappa shape index (κ3) is 4.56. The first-order valence-corrected chi connectivity index (χ1v) is 10.7. The van der Waals surface area contributed by atoms with E-state index >= 15 is 0 Å². The Kier molecular flexibility index (Phi) is 5.95. The van der Waals surface area contributed by atoms with Gasteiger partial charge in [-0.2, -0.15) is 9.57 Å². The molecule has 0 saturated carbocycles. The molecule has 0 bridgehead atoms. The number of aryl methyl sites for hydroxylation is 2. The number of hydrogen-bond acceptors (Lipinski definition) is 4. The van der Waals surface area contributed by atoms with Gasteiger partial charge in [-0.3, -0.25) is 4.90 Å². The highest BCUT2D eigenvalue weighted by Gasteiger charge is 2.31. The van der Waals surface area contributed by atoms with Crippen LogP contribution in [0.3, 0.4) is 0 Å². The molecule has 0 radical (unpaired) electrons. The molecule has 0 amide bonds. The molecule has 6 heteroatoms. The van der Waals surface area contributed by atoms with Gasteiger partial charge in [-0.1, -0.05) is 54.1 Å². The van der Waals surface area contributed by atoms with Crippen molar-refractivity contribution in [3.05, 3.63) is 70.8 Å². The van der Waals surface area contributed by atoms with Crippen LogP contribution in [-0.2, 0) is 15.8 Å². The van der Waals surface area contributed by atoms with E-state index < -0.39 is 10.0 Å². The van der Waals surface area contributed by atoms with E-state index in [1.165, 1.54) is 0 Å². The lowest BCUT2D eigenvalue weighted by molar-refractivity contribution is 0.162. The van der Waals surface area contributed by atoms with Crippen molar-refractivity contribution in [2.45, 2.75) is 25.6 Å². The molecule has 0 aliphatic carbocycles. The number of sulfonamides is 1. The number of benzene rings is 2. The quantitative estimate of drug-likeness (QED) is 0.796. The maximum atomic E-state index is 12.8. The highest BCUT2D eigenvalue weighted by Crippen LogP contribution is 2.25. The Hall–Kier alpha value is -2.20. The van der Waals surface area contributed by atoms with Crippen molar-refractivity contribution in [1.29, 1.82) is 5.26 Å². The van der Waals surface area contributed by atoms with Gasteiger partial charge in [0.25, 0.3) is 0 Å². The van der Waals surface area contributed by atoms with Gasteiger partial charge in [0, 0.05) is 26.2 Å². The summed E-state index contributed by atoms with van der Waals surface area (Å²) in [4.78, 5) is 2.07. The van der Waals surface area contributed by atoms with Gasteiger partial charge in [-0.05, 0) is 30.5 Å². The minimum absolute atomic E-state index is 0.0206. The lowest BCUT2D eigenvalue weighted by Gasteiger charge is -2.36. The number of rotatable bonds is 5. The minimum Gasteiger partial charge on any atom is -0.282 e. The van der Waals surface area contributed by atoms with Gasteiger partial charge in [0.2, 0.25) is 10.0 Å². The molecule has 1 aliphatic heterocycles. The second-order valence-electron chi connectivity index (χ2n) is 7.07. The highest BCUT2D eigenvalue weighted by atomic mass is 32.2. The molecule has 27 heavy (non-hydrogen) atoms. The summed E-state index contributed by atoms with van der Waals surface area (Å²) in [5.41, 5.74) is 4.00. The molecule has 142 valence electrons. The van der Waals surface area contributed by atoms with Crippen molar-refractivity contribution in [3.63, 3.8) is 0 Å². The lowest BCUT2D eigenvalue weighted by Crippen LogP contribution is -2.49. The van der Waals surface area contributed by atoms with Crippen LogP contribution >= 0.6 is 0 Å². The van der Waals surface area contributed by atoms with E-state index in [0.29, 0.717) is 26.2 Å². The van der Waals surface area contributed by atoms with E-state index in [1.54, 1.807) is 4.31 Å². The van der Waals surface area contributed by atoms with Crippen LogP contribution in [0.15, 0.2) is 48.5 Å². The summed E-state index contributed by atoms with van der Waals surface area (Å²) in [5, 5.41) is 9.68. The molecular weight excluding hydrogens is 358 g/mol. The average Bonchev–Trinajstić information content (AvgIpc) is 2.66. The second kappa shape index (κ2) is 8.22. The molecule has 0 aromatic heterocycles. The molecule has 0 N–H and O–H groups in total. The average molecular weight is 384 g/mol. The Balaban J connectivity index is 1.66. The molecule has 1 aliphatic rings. The summed E-state index contributed by atoms with van der Waals surface area (Å²) in [6, 6.07) is 17.5. The van der Waals surface area contributed by atoms with Crippen molar-refractivity contribution in [2.75, 3.05) is 26.2 Å². The van der Waals surface area contributed by atoms with Crippen LogP contribution in [0.25, 0.3) is 0 Å². The van der Waals surface area contributed by atoms with Crippen LogP contribution in [0, 0.1) is 25.2 Å². The molecule has 1 fully saturated rings. The van der Waals surface area contributed by atoms with Crippen LogP contribution in [-0.4, -0.2) is 43.8 Å². The smallest absolute Gasteiger partial charge is 0.218 e. The molecule has 1 heterocycles. The van der Waals surface area contributed by atoms with Gasteiger partial charge in [0.1, 0.15) is 6.04 Å². The first-order chi connectivity index (χ1) is 12.9. The lowest BCUT2D eigenvalue weighted by atomic mass is 10.0. The maximum absolute atomic E-state index is 12.8. The summed E-state index contributed by atoms with van der Waals surface area (Å²) in [6.45, 7) is 5.93. The third-order valence-corrected chi connectivity index (χ3v) is 6.96. The van der Waals surface area contributed by atoms with Crippen molar-refractivity contribution in [1.82, 2.24) is 9.21 Å². The van der Waals surface area contributed by atoms with E-state index in [2.05, 4.69) is 11.0 Å². The van der Waals surface area contributed by atoms with Crippen molar-refractivity contribution < 1.29 is 8.42 Å². The predicted molar refractivity (Wildman–Crippen MR) is 106 cm³/mol. The molecule has 1 unspecified atom stereocenters. The molecule has 5 nitrogen and oxygen atoms in total. The van der Waals surface area contributed by atoms with Crippen LogP contribution in [0.2, 0.25) is 0 Å². The standard InChI is InChI=1S/C21H25N3O2S/c1-17-7-9-19(10-8-17)16-27(25,26)24-13-11-23(12-14-24)21(15-22)20-6-4-3-5-18(20)2/h3-10,21H,11-14,16H2,1-2H3. The molecule has 1 atom stereocenters. The third-order valence-electron chi connectivity index (χ3n) is 5.11. The van der Waals surface area contributed by atoms with Crippen LogP contribution in [0.5, 0.6) is 0 Å². The molecule has 0 spiro atoms. The van der Waals surface area contributed by atoms with Crippen LogP contribution < -0.4 is 0 Å². The van der Waals surface area contributed by atoms with E-state index in [1.807, 2.05) is 62.4 Å². The Bertz CT molecular complexity index is 925. The topological polar surface area (TPSA) is 64.4 Å². The zero-order chi connectivity index (χ0) is 19.4. The first kappa shape index (κ1) is 19.6. The SMILES string of the molecule is Cc1ccc(CS(=O)(=O)N2CCN(C(C#N)c3ccccc3C)CC2)cc1. The number of nitrogens with zero attached hydrogens (tertiary/aromatic N) is 3. The summed E-state index contributed by atoms with van der Waals surface area (Å²) < 4.78 is 27.1. The summed E-state index contributed by atoms with van der Waals surface area (Å²) in [7, 11) is -3.35. The highest BCUT2D eigenvalue weighted by molar-refractivity contribution is 7.88. The summed E-state index contributed by atoms with van der Waals surface area (Å²) in [5.74, 6) is 0.0206. The van der Waals surface area contributed by atoms with Crippen LogP contribution in [0.4, 0.5) is 0 Å². The molecule has 1 saturated heterocycles. The van der Waals surface area contributed by atoms with Crippen LogP contribution in [0.1, 0.15) is 28.3 Å². The van der Waals surface area contributed by atoms with Gasteiger partial charge in [-0.15, -0.1) is 0 Å². The fraction of sp³-hybridized carbons (Fsp3) is 0.381. The van der Waals surface area contributed by atoms with Crippen molar-refractivity contribution >= 4 is 10.0 Å². The monoisotopic (exact) mass is 383 g/mol. The maximum Gasteiger partial charge on any atom is 0.218 e.